The Kier molecular flexibility index (Phi) is 6.37. The molecule has 0 amide bonds. The number of esters is 1. The van der Waals surface area contributed by atoms with Crippen LogP contribution in [0, 0.1) is 5.82 Å². The summed E-state index contributed by atoms with van der Waals surface area (Å²) >= 11 is 0. The van der Waals surface area contributed by atoms with Gasteiger partial charge in [0.2, 0.25) is 0 Å². The number of benzene rings is 2. The molecule has 0 aliphatic heterocycles. The Morgan fingerprint density at radius 2 is 1.74 bits per heavy atom. The van der Waals surface area contributed by atoms with E-state index in [0.717, 1.165) is 28.4 Å². The molecule has 4 aromatic rings. The maximum atomic E-state index is 13.9. The standard InChI is InChI=1S/C24H18F4N2O4S/c1-34-23(31)9-4-16-14-30(22-8-7-19(25)11-21(16)22)35(32,33)20-10-17(12-29-13-20)15-2-5-18(6-3-15)24(26,27)28/h2-3,5-8,10-14H,4,9H2,1H3. The third-order valence-electron chi connectivity index (χ3n) is 5.46. The lowest BCUT2D eigenvalue weighted by Gasteiger charge is -2.10. The molecule has 0 spiro atoms. The molecule has 0 radical (unpaired) electrons. The summed E-state index contributed by atoms with van der Waals surface area (Å²) in [7, 11) is -3.00. The van der Waals surface area contributed by atoms with Crippen LogP contribution in [-0.2, 0) is 32.2 Å². The lowest BCUT2D eigenvalue weighted by molar-refractivity contribution is -0.140. The summed E-state index contributed by atoms with van der Waals surface area (Å²) in [4.78, 5) is 15.3. The highest BCUT2D eigenvalue weighted by Gasteiger charge is 2.30. The average Bonchev–Trinajstić information content (AvgIpc) is 3.20. The topological polar surface area (TPSA) is 78.3 Å². The number of carbonyl (C=O) groups is 1. The maximum Gasteiger partial charge on any atom is 0.416 e. The van der Waals surface area contributed by atoms with E-state index in [-0.39, 0.29) is 23.3 Å². The number of halogens is 4. The van der Waals surface area contributed by atoms with Crippen LogP contribution in [0.2, 0.25) is 0 Å². The van der Waals surface area contributed by atoms with Crippen LogP contribution in [0.3, 0.4) is 0 Å². The van der Waals surface area contributed by atoms with E-state index in [0.29, 0.717) is 22.1 Å². The second-order valence-electron chi connectivity index (χ2n) is 7.68. The summed E-state index contributed by atoms with van der Waals surface area (Å²) in [5.41, 5.74) is 0.448. The lowest BCUT2D eigenvalue weighted by atomic mass is 10.1. The predicted octanol–water partition coefficient (Wildman–Crippen LogP) is 5.20. The molecule has 0 unspecified atom stereocenters. The van der Waals surface area contributed by atoms with E-state index in [1.807, 2.05) is 0 Å². The predicted molar refractivity (Wildman–Crippen MR) is 119 cm³/mol. The monoisotopic (exact) mass is 506 g/mol. The molecule has 2 heterocycles. The molecule has 2 aromatic carbocycles. The quantitative estimate of drug-likeness (QED) is 0.265. The molecule has 6 nitrogen and oxygen atoms in total. The van der Waals surface area contributed by atoms with E-state index in [1.165, 1.54) is 49.8 Å². The Bertz CT molecular complexity index is 1510. The molecule has 0 N–H and O–H groups in total. The minimum Gasteiger partial charge on any atom is -0.469 e. The first-order valence-corrected chi connectivity index (χ1v) is 11.7. The fourth-order valence-electron chi connectivity index (χ4n) is 3.66. The first-order valence-electron chi connectivity index (χ1n) is 10.3. The minimum atomic E-state index is -4.50. The Hall–Kier alpha value is -3.73. The van der Waals surface area contributed by atoms with Gasteiger partial charge in [-0.25, -0.2) is 16.8 Å². The molecular formula is C24H18F4N2O4S. The second-order valence-corrected chi connectivity index (χ2v) is 9.49. The molecule has 11 heteroatoms. The number of hydrogen-bond donors (Lipinski definition) is 0. The number of alkyl halides is 3. The van der Waals surface area contributed by atoms with Crippen molar-refractivity contribution in [3.05, 3.63) is 84.1 Å². The molecule has 0 aliphatic carbocycles. The van der Waals surface area contributed by atoms with Crippen molar-refractivity contribution in [2.24, 2.45) is 0 Å². The summed E-state index contributed by atoms with van der Waals surface area (Å²) in [6.45, 7) is 0. The fraction of sp³-hybridized carbons (Fsp3) is 0.167. The van der Waals surface area contributed by atoms with Crippen molar-refractivity contribution >= 4 is 26.9 Å². The number of hydrogen-bond acceptors (Lipinski definition) is 5. The zero-order valence-electron chi connectivity index (χ0n) is 18.2. The van der Waals surface area contributed by atoms with Crippen LogP contribution in [0.25, 0.3) is 22.0 Å². The summed E-state index contributed by atoms with van der Waals surface area (Å²) in [6, 6.07) is 9.19. The van der Waals surface area contributed by atoms with Crippen LogP contribution in [0.5, 0.6) is 0 Å². The highest BCUT2D eigenvalue weighted by Crippen LogP contribution is 2.32. The largest absolute Gasteiger partial charge is 0.469 e. The maximum absolute atomic E-state index is 13.9. The summed E-state index contributed by atoms with van der Waals surface area (Å²) < 4.78 is 85.1. The van der Waals surface area contributed by atoms with Crippen molar-refractivity contribution in [1.82, 2.24) is 8.96 Å². The van der Waals surface area contributed by atoms with E-state index in [2.05, 4.69) is 9.72 Å². The molecule has 0 saturated heterocycles. The molecule has 0 saturated carbocycles. The number of fused-ring (bicyclic) bond motifs is 1. The summed E-state index contributed by atoms with van der Waals surface area (Å²) in [5.74, 6) is -1.07. The van der Waals surface area contributed by atoms with Crippen LogP contribution < -0.4 is 0 Å². The molecular weight excluding hydrogens is 488 g/mol. The van der Waals surface area contributed by atoms with E-state index >= 15 is 0 Å². The van der Waals surface area contributed by atoms with Gasteiger partial charge in [0.1, 0.15) is 10.7 Å². The lowest BCUT2D eigenvalue weighted by Crippen LogP contribution is -2.12. The average molecular weight is 506 g/mol. The number of aromatic nitrogens is 2. The Balaban J connectivity index is 1.76. The molecule has 0 fully saturated rings. The summed E-state index contributed by atoms with van der Waals surface area (Å²) in [5, 5.41) is 0.323. The normalized spacial score (nSPS) is 12.1. The van der Waals surface area contributed by atoms with Crippen molar-refractivity contribution < 1.29 is 35.5 Å². The number of nitrogens with zero attached hydrogens (tertiary/aromatic N) is 2. The Morgan fingerprint density at radius 1 is 1.03 bits per heavy atom. The van der Waals surface area contributed by atoms with Crippen molar-refractivity contribution in [3.8, 4) is 11.1 Å². The van der Waals surface area contributed by atoms with Gasteiger partial charge in [-0.1, -0.05) is 12.1 Å². The van der Waals surface area contributed by atoms with E-state index in [9.17, 15) is 30.8 Å². The van der Waals surface area contributed by atoms with Crippen LogP contribution >= 0.6 is 0 Å². The van der Waals surface area contributed by atoms with Crippen molar-refractivity contribution in [2.45, 2.75) is 23.9 Å². The van der Waals surface area contributed by atoms with Crippen molar-refractivity contribution in [1.29, 1.82) is 0 Å². The second kappa shape index (κ2) is 9.14. The van der Waals surface area contributed by atoms with Gasteiger partial charge in [-0.2, -0.15) is 13.2 Å². The smallest absolute Gasteiger partial charge is 0.416 e. The van der Waals surface area contributed by atoms with Gasteiger partial charge in [0, 0.05) is 36.0 Å². The van der Waals surface area contributed by atoms with Crippen LogP contribution in [-0.4, -0.2) is 30.5 Å². The van der Waals surface area contributed by atoms with Gasteiger partial charge in [-0.05, 0) is 53.9 Å². The van der Waals surface area contributed by atoms with Crippen molar-refractivity contribution in [2.75, 3.05) is 7.11 Å². The zero-order valence-corrected chi connectivity index (χ0v) is 19.0. The molecule has 0 aliphatic rings. The van der Waals surface area contributed by atoms with Gasteiger partial charge >= 0.3 is 12.1 Å². The SMILES string of the molecule is COC(=O)CCc1cn(S(=O)(=O)c2cncc(-c3ccc(C(F)(F)F)cc3)c2)c2ccc(F)cc12. The molecule has 182 valence electrons. The Morgan fingerprint density at radius 3 is 2.40 bits per heavy atom. The van der Waals surface area contributed by atoms with Gasteiger partial charge in [0.15, 0.2) is 0 Å². The van der Waals surface area contributed by atoms with Gasteiger partial charge in [0.05, 0.1) is 18.2 Å². The van der Waals surface area contributed by atoms with E-state index in [4.69, 9.17) is 0 Å². The molecule has 0 bridgehead atoms. The van der Waals surface area contributed by atoms with Crippen molar-refractivity contribution in [3.63, 3.8) is 0 Å². The highest BCUT2D eigenvalue weighted by atomic mass is 32.2. The number of aryl methyl sites for hydroxylation is 1. The van der Waals surface area contributed by atoms with E-state index in [1.54, 1.807) is 0 Å². The highest BCUT2D eigenvalue weighted by molar-refractivity contribution is 7.90. The summed E-state index contributed by atoms with van der Waals surface area (Å²) in [6.07, 6.45) is -0.634. The van der Waals surface area contributed by atoms with Gasteiger partial charge in [0.25, 0.3) is 10.0 Å². The number of pyridine rings is 1. The van der Waals surface area contributed by atoms with Crippen LogP contribution in [0.1, 0.15) is 17.5 Å². The third kappa shape index (κ3) is 4.90. The van der Waals surface area contributed by atoms with E-state index < -0.39 is 33.5 Å². The van der Waals surface area contributed by atoms with Gasteiger partial charge in [-0.3, -0.25) is 9.78 Å². The minimum absolute atomic E-state index is 0.0306. The zero-order chi connectivity index (χ0) is 25.4. The van der Waals surface area contributed by atoms with Gasteiger partial charge < -0.3 is 4.74 Å². The fourth-order valence-corrected chi connectivity index (χ4v) is 5.04. The molecule has 35 heavy (non-hydrogen) atoms. The molecule has 0 atom stereocenters. The number of carbonyl (C=O) groups excluding carboxylic acids is 1. The number of rotatable bonds is 6. The van der Waals surface area contributed by atoms with Crippen LogP contribution in [0.15, 0.2) is 72.0 Å². The Labute approximate surface area is 197 Å². The molecule has 2 aromatic heterocycles. The number of ether oxygens (including phenoxy) is 1. The molecule has 4 rings (SSSR count). The third-order valence-corrected chi connectivity index (χ3v) is 7.10. The van der Waals surface area contributed by atoms with Gasteiger partial charge in [-0.15, -0.1) is 0 Å². The first kappa shape index (κ1) is 24.4. The van der Waals surface area contributed by atoms with Crippen LogP contribution in [0.4, 0.5) is 17.6 Å². The number of methoxy groups -OCH3 is 1. The first-order chi connectivity index (χ1) is 16.5.